The molecule has 3 N–H and O–H groups in total. The summed E-state index contributed by atoms with van der Waals surface area (Å²) < 4.78 is 0. The summed E-state index contributed by atoms with van der Waals surface area (Å²) in [6.07, 6.45) is -0.544. The van der Waals surface area contributed by atoms with Crippen LogP contribution in [0.5, 0.6) is 5.75 Å². The molecule has 1 unspecified atom stereocenters. The average Bonchev–Trinajstić information content (AvgIpc) is 2.28. The first-order valence-electron chi connectivity index (χ1n) is 5.67. The second kappa shape index (κ2) is 5.68. The maximum Gasteiger partial charge on any atom is 0.251 e. The van der Waals surface area contributed by atoms with Crippen LogP contribution in [0.4, 0.5) is 0 Å². The summed E-state index contributed by atoms with van der Waals surface area (Å²) in [5.74, 6) is 0.0356. The SMILES string of the molecule is Cc1cc(C(=O)NCC(O)C(C)C)ccc1O. The summed E-state index contributed by atoms with van der Waals surface area (Å²) in [4.78, 5) is 11.7. The molecule has 1 atom stereocenters. The number of nitrogens with one attached hydrogen (secondary N) is 1. The number of carbonyl (C=O) groups is 1. The zero-order chi connectivity index (χ0) is 13.0. The molecule has 0 bridgehead atoms. The fourth-order valence-electron chi connectivity index (χ4n) is 1.33. The van der Waals surface area contributed by atoms with E-state index in [1.165, 1.54) is 6.07 Å². The Morgan fingerprint density at radius 3 is 2.59 bits per heavy atom. The van der Waals surface area contributed by atoms with Crippen LogP contribution in [0, 0.1) is 12.8 Å². The standard InChI is InChI=1S/C13H19NO3/c1-8(2)12(16)7-14-13(17)10-4-5-11(15)9(3)6-10/h4-6,8,12,15-16H,7H2,1-3H3,(H,14,17). The quantitative estimate of drug-likeness (QED) is 0.742. The number of aromatic hydroxyl groups is 1. The molecule has 1 aromatic carbocycles. The average molecular weight is 237 g/mol. The predicted octanol–water partition coefficient (Wildman–Crippen LogP) is 1.45. The smallest absolute Gasteiger partial charge is 0.251 e. The van der Waals surface area contributed by atoms with Crippen LogP contribution in [0.1, 0.15) is 29.8 Å². The number of phenols is 1. The lowest BCUT2D eigenvalue weighted by atomic mass is 10.1. The van der Waals surface area contributed by atoms with Crippen LogP contribution < -0.4 is 5.32 Å². The van der Waals surface area contributed by atoms with Gasteiger partial charge in [-0.05, 0) is 36.6 Å². The Labute approximate surface area is 101 Å². The minimum absolute atomic E-state index is 0.108. The molecule has 0 spiro atoms. The first-order chi connectivity index (χ1) is 7.91. The van der Waals surface area contributed by atoms with Crippen molar-refractivity contribution in [2.75, 3.05) is 6.54 Å². The number of hydrogen-bond donors (Lipinski definition) is 3. The number of benzene rings is 1. The highest BCUT2D eigenvalue weighted by Crippen LogP contribution is 2.16. The summed E-state index contributed by atoms with van der Waals surface area (Å²) in [7, 11) is 0. The highest BCUT2D eigenvalue weighted by molar-refractivity contribution is 5.94. The second-order valence-electron chi connectivity index (χ2n) is 4.52. The van der Waals surface area contributed by atoms with E-state index in [2.05, 4.69) is 5.32 Å². The number of carbonyl (C=O) groups excluding carboxylic acids is 1. The van der Waals surface area contributed by atoms with Crippen LogP contribution in [0.2, 0.25) is 0 Å². The Morgan fingerprint density at radius 2 is 2.06 bits per heavy atom. The molecule has 94 valence electrons. The fraction of sp³-hybridized carbons (Fsp3) is 0.462. The van der Waals surface area contributed by atoms with Gasteiger partial charge >= 0.3 is 0 Å². The largest absolute Gasteiger partial charge is 0.508 e. The normalized spacial score (nSPS) is 12.5. The van der Waals surface area contributed by atoms with E-state index in [4.69, 9.17) is 0 Å². The van der Waals surface area contributed by atoms with Crippen LogP contribution in [0.25, 0.3) is 0 Å². The van der Waals surface area contributed by atoms with Crippen LogP contribution in [-0.2, 0) is 0 Å². The van der Waals surface area contributed by atoms with E-state index < -0.39 is 6.10 Å². The van der Waals surface area contributed by atoms with Crippen molar-refractivity contribution in [2.24, 2.45) is 5.92 Å². The lowest BCUT2D eigenvalue weighted by Gasteiger charge is -2.15. The zero-order valence-corrected chi connectivity index (χ0v) is 10.4. The van der Waals surface area contributed by atoms with Crippen molar-refractivity contribution in [3.05, 3.63) is 29.3 Å². The minimum atomic E-state index is -0.544. The Balaban J connectivity index is 2.61. The van der Waals surface area contributed by atoms with Crippen LogP contribution in [-0.4, -0.2) is 28.8 Å². The van der Waals surface area contributed by atoms with Gasteiger partial charge in [0.05, 0.1) is 6.10 Å². The molecular formula is C13H19NO3. The molecule has 0 aliphatic carbocycles. The van der Waals surface area contributed by atoms with Gasteiger partial charge in [-0.3, -0.25) is 4.79 Å². The van der Waals surface area contributed by atoms with E-state index in [0.29, 0.717) is 11.1 Å². The Kier molecular flexibility index (Phi) is 4.52. The maximum atomic E-state index is 11.7. The van der Waals surface area contributed by atoms with Crippen molar-refractivity contribution < 1.29 is 15.0 Å². The lowest BCUT2D eigenvalue weighted by molar-refractivity contribution is 0.0871. The molecule has 1 rings (SSSR count). The van der Waals surface area contributed by atoms with E-state index in [1.54, 1.807) is 19.1 Å². The first kappa shape index (κ1) is 13.5. The third-order valence-corrected chi connectivity index (χ3v) is 2.70. The molecule has 4 heteroatoms. The molecule has 0 aromatic heterocycles. The van der Waals surface area contributed by atoms with Crippen molar-refractivity contribution in [2.45, 2.75) is 26.9 Å². The Bertz CT molecular complexity index is 402. The predicted molar refractivity (Wildman–Crippen MR) is 66.0 cm³/mol. The highest BCUT2D eigenvalue weighted by Gasteiger charge is 2.12. The third-order valence-electron chi connectivity index (χ3n) is 2.70. The zero-order valence-electron chi connectivity index (χ0n) is 10.4. The molecule has 0 saturated heterocycles. The number of aliphatic hydroxyl groups excluding tert-OH is 1. The summed E-state index contributed by atoms with van der Waals surface area (Å²) in [6.45, 7) is 5.74. The third kappa shape index (κ3) is 3.75. The van der Waals surface area contributed by atoms with Gasteiger partial charge in [-0.25, -0.2) is 0 Å². The molecular weight excluding hydrogens is 218 g/mol. The van der Waals surface area contributed by atoms with E-state index in [-0.39, 0.29) is 24.1 Å². The van der Waals surface area contributed by atoms with E-state index in [1.807, 2.05) is 13.8 Å². The van der Waals surface area contributed by atoms with Crippen molar-refractivity contribution >= 4 is 5.91 Å². The fourth-order valence-corrected chi connectivity index (χ4v) is 1.33. The Morgan fingerprint density at radius 1 is 1.41 bits per heavy atom. The molecule has 0 aliphatic rings. The van der Waals surface area contributed by atoms with Gasteiger partial charge in [0.2, 0.25) is 0 Å². The van der Waals surface area contributed by atoms with Gasteiger partial charge in [-0.1, -0.05) is 13.8 Å². The summed E-state index contributed by atoms with van der Waals surface area (Å²) >= 11 is 0. The van der Waals surface area contributed by atoms with Crippen molar-refractivity contribution in [3.8, 4) is 5.75 Å². The molecule has 0 aliphatic heterocycles. The summed E-state index contributed by atoms with van der Waals surface area (Å²) in [5, 5.41) is 21.6. The van der Waals surface area contributed by atoms with E-state index >= 15 is 0 Å². The highest BCUT2D eigenvalue weighted by atomic mass is 16.3. The van der Waals surface area contributed by atoms with Gasteiger partial charge in [0.15, 0.2) is 0 Å². The monoisotopic (exact) mass is 237 g/mol. The number of aliphatic hydroxyl groups is 1. The molecule has 0 radical (unpaired) electrons. The number of hydrogen-bond acceptors (Lipinski definition) is 3. The number of phenolic OH excluding ortho intramolecular Hbond substituents is 1. The molecule has 17 heavy (non-hydrogen) atoms. The number of amides is 1. The van der Waals surface area contributed by atoms with Gasteiger partial charge in [0.1, 0.15) is 5.75 Å². The topological polar surface area (TPSA) is 69.6 Å². The maximum absolute atomic E-state index is 11.7. The second-order valence-corrected chi connectivity index (χ2v) is 4.52. The van der Waals surface area contributed by atoms with Crippen molar-refractivity contribution in [1.29, 1.82) is 0 Å². The lowest BCUT2D eigenvalue weighted by Crippen LogP contribution is -2.34. The van der Waals surface area contributed by atoms with Crippen molar-refractivity contribution in [3.63, 3.8) is 0 Å². The Hall–Kier alpha value is -1.55. The summed E-state index contributed by atoms with van der Waals surface area (Å²) in [6, 6.07) is 4.66. The van der Waals surface area contributed by atoms with Gasteiger partial charge < -0.3 is 15.5 Å². The molecule has 0 saturated carbocycles. The molecule has 1 aromatic rings. The van der Waals surface area contributed by atoms with Gasteiger partial charge in [-0.15, -0.1) is 0 Å². The molecule has 0 fully saturated rings. The van der Waals surface area contributed by atoms with Gasteiger partial charge in [-0.2, -0.15) is 0 Å². The minimum Gasteiger partial charge on any atom is -0.508 e. The van der Waals surface area contributed by atoms with Gasteiger partial charge in [0, 0.05) is 12.1 Å². The molecule has 0 heterocycles. The van der Waals surface area contributed by atoms with Crippen LogP contribution in [0.15, 0.2) is 18.2 Å². The van der Waals surface area contributed by atoms with Crippen molar-refractivity contribution in [1.82, 2.24) is 5.32 Å². The first-order valence-corrected chi connectivity index (χ1v) is 5.67. The molecule has 1 amide bonds. The van der Waals surface area contributed by atoms with E-state index in [9.17, 15) is 15.0 Å². The summed E-state index contributed by atoms with van der Waals surface area (Å²) in [5.41, 5.74) is 1.14. The molecule has 4 nitrogen and oxygen atoms in total. The van der Waals surface area contributed by atoms with Crippen LogP contribution >= 0.6 is 0 Å². The van der Waals surface area contributed by atoms with E-state index in [0.717, 1.165) is 0 Å². The van der Waals surface area contributed by atoms with Gasteiger partial charge in [0.25, 0.3) is 5.91 Å². The number of aryl methyl sites for hydroxylation is 1. The van der Waals surface area contributed by atoms with Crippen LogP contribution in [0.3, 0.4) is 0 Å². The number of rotatable bonds is 4.